The highest BCUT2D eigenvalue weighted by atomic mass is 79.9. The van der Waals surface area contributed by atoms with Crippen molar-refractivity contribution in [3.05, 3.63) is 22.7 Å². The summed E-state index contributed by atoms with van der Waals surface area (Å²) in [4.78, 5) is 0.145. The average Bonchev–Trinajstić information content (AvgIpc) is 2.28. The number of halogens is 1. The molecule has 0 aliphatic rings. The molecule has 0 fully saturated rings. The van der Waals surface area contributed by atoms with Crippen molar-refractivity contribution < 1.29 is 13.2 Å². The van der Waals surface area contributed by atoms with Gasteiger partial charge in [-0.2, -0.15) is 0 Å². The Bertz CT molecular complexity index is 514. The Morgan fingerprint density at radius 2 is 1.89 bits per heavy atom. The molecule has 1 unspecified atom stereocenters. The van der Waals surface area contributed by atoms with Crippen molar-refractivity contribution in [2.24, 2.45) is 5.92 Å². The minimum absolute atomic E-state index is 0.140. The Kier molecular flexibility index (Phi) is 5.19. The number of benzene rings is 1. The third-order valence-corrected chi connectivity index (χ3v) is 4.83. The molecule has 0 amide bonds. The zero-order chi connectivity index (χ0) is 13.9. The highest BCUT2D eigenvalue weighted by Crippen LogP contribution is 2.27. The molecule has 1 atom stereocenters. The second-order valence-corrected chi connectivity index (χ2v) is 7.05. The van der Waals surface area contributed by atoms with Gasteiger partial charge in [-0.05, 0) is 31.0 Å². The lowest BCUT2D eigenvalue weighted by atomic mass is 10.1. The largest absolute Gasteiger partial charge is 0.495 e. The molecular formula is C12H18BrNO3S. The Balaban J connectivity index is 3.15. The summed E-state index contributed by atoms with van der Waals surface area (Å²) in [6.07, 6.45) is 0. The van der Waals surface area contributed by atoms with Gasteiger partial charge in [-0.3, -0.25) is 0 Å². The molecule has 102 valence electrons. The lowest BCUT2D eigenvalue weighted by molar-refractivity contribution is 0.401. The normalized spacial score (nSPS) is 13.7. The summed E-state index contributed by atoms with van der Waals surface area (Å²) in [5, 5.41) is 0. The molecule has 0 aliphatic carbocycles. The third-order valence-electron chi connectivity index (χ3n) is 2.76. The fraction of sp³-hybridized carbons (Fsp3) is 0.500. The maximum absolute atomic E-state index is 12.3. The lowest BCUT2D eigenvalue weighted by Gasteiger charge is -2.18. The van der Waals surface area contributed by atoms with Gasteiger partial charge >= 0.3 is 0 Å². The van der Waals surface area contributed by atoms with Gasteiger partial charge in [0, 0.05) is 10.5 Å². The van der Waals surface area contributed by atoms with Gasteiger partial charge < -0.3 is 4.74 Å². The fourth-order valence-corrected chi connectivity index (χ4v) is 3.40. The van der Waals surface area contributed by atoms with Gasteiger partial charge in [0.1, 0.15) is 10.6 Å². The molecule has 0 saturated carbocycles. The van der Waals surface area contributed by atoms with Crippen LogP contribution in [0.4, 0.5) is 0 Å². The summed E-state index contributed by atoms with van der Waals surface area (Å²) in [6, 6.07) is 4.76. The number of hydrogen-bond donors (Lipinski definition) is 1. The van der Waals surface area contributed by atoms with E-state index in [4.69, 9.17) is 4.74 Å². The van der Waals surface area contributed by atoms with Crippen molar-refractivity contribution in [1.29, 1.82) is 0 Å². The molecule has 0 heterocycles. The van der Waals surface area contributed by atoms with Crippen LogP contribution in [0.15, 0.2) is 27.6 Å². The smallest absolute Gasteiger partial charge is 0.244 e. The van der Waals surface area contributed by atoms with Crippen LogP contribution >= 0.6 is 15.9 Å². The predicted molar refractivity (Wildman–Crippen MR) is 75.3 cm³/mol. The standard InChI is InChI=1S/C12H18BrNO3S/c1-8(2)9(3)14-18(15,16)12-7-10(13)5-6-11(12)17-4/h5-9,14H,1-4H3. The molecule has 4 nitrogen and oxygen atoms in total. The molecule has 0 aliphatic heterocycles. The van der Waals surface area contributed by atoms with Gasteiger partial charge in [0.25, 0.3) is 0 Å². The van der Waals surface area contributed by atoms with E-state index in [2.05, 4.69) is 20.7 Å². The van der Waals surface area contributed by atoms with Crippen molar-refractivity contribution >= 4 is 26.0 Å². The van der Waals surface area contributed by atoms with E-state index in [1.165, 1.54) is 13.2 Å². The third kappa shape index (κ3) is 3.70. The van der Waals surface area contributed by atoms with Gasteiger partial charge in [0.2, 0.25) is 10.0 Å². The van der Waals surface area contributed by atoms with Gasteiger partial charge in [-0.15, -0.1) is 0 Å². The van der Waals surface area contributed by atoms with Gasteiger partial charge in [0.15, 0.2) is 0 Å². The summed E-state index contributed by atoms with van der Waals surface area (Å²) < 4.78 is 33.0. The quantitative estimate of drug-likeness (QED) is 0.900. The SMILES string of the molecule is COc1ccc(Br)cc1S(=O)(=O)NC(C)C(C)C. The molecule has 0 saturated heterocycles. The first-order chi connectivity index (χ1) is 8.27. The second kappa shape index (κ2) is 6.04. The van der Waals surface area contributed by atoms with Crippen LogP contribution < -0.4 is 9.46 Å². The van der Waals surface area contributed by atoms with Gasteiger partial charge in [-0.1, -0.05) is 29.8 Å². The molecule has 1 rings (SSSR count). The molecule has 0 radical (unpaired) electrons. The van der Waals surface area contributed by atoms with E-state index in [0.717, 1.165) is 0 Å². The summed E-state index contributed by atoms with van der Waals surface area (Å²) in [5.41, 5.74) is 0. The van der Waals surface area contributed by atoms with Crippen LogP contribution in [0.2, 0.25) is 0 Å². The molecule has 0 spiro atoms. The Morgan fingerprint density at radius 1 is 1.28 bits per heavy atom. The zero-order valence-electron chi connectivity index (χ0n) is 10.9. The fourth-order valence-electron chi connectivity index (χ4n) is 1.30. The first-order valence-electron chi connectivity index (χ1n) is 5.64. The summed E-state index contributed by atoms with van der Waals surface area (Å²) in [7, 11) is -2.12. The van der Waals surface area contributed by atoms with Crippen molar-refractivity contribution in [1.82, 2.24) is 4.72 Å². The number of rotatable bonds is 5. The minimum Gasteiger partial charge on any atom is -0.495 e. The number of nitrogens with one attached hydrogen (secondary N) is 1. The average molecular weight is 336 g/mol. The van der Waals surface area contributed by atoms with Crippen molar-refractivity contribution in [3.8, 4) is 5.75 Å². The van der Waals surface area contributed by atoms with Crippen molar-refractivity contribution in [2.45, 2.75) is 31.7 Å². The monoisotopic (exact) mass is 335 g/mol. The summed E-state index contributed by atoms with van der Waals surface area (Å²) >= 11 is 3.27. The number of ether oxygens (including phenoxy) is 1. The molecule has 0 aromatic heterocycles. The van der Waals surface area contributed by atoms with Crippen LogP contribution in [0.1, 0.15) is 20.8 Å². The molecule has 1 N–H and O–H groups in total. The van der Waals surface area contributed by atoms with Crippen molar-refractivity contribution in [3.63, 3.8) is 0 Å². The Labute approximate surface area is 117 Å². The van der Waals surface area contributed by atoms with Crippen LogP contribution in [0.5, 0.6) is 5.75 Å². The maximum Gasteiger partial charge on any atom is 0.244 e. The highest BCUT2D eigenvalue weighted by molar-refractivity contribution is 9.10. The van der Waals surface area contributed by atoms with Crippen LogP contribution in [0.25, 0.3) is 0 Å². The number of sulfonamides is 1. The van der Waals surface area contributed by atoms with E-state index in [9.17, 15) is 8.42 Å². The minimum atomic E-state index is -3.57. The number of methoxy groups -OCH3 is 1. The highest BCUT2D eigenvalue weighted by Gasteiger charge is 2.23. The molecule has 0 bridgehead atoms. The Hall–Kier alpha value is -0.590. The summed E-state index contributed by atoms with van der Waals surface area (Å²) in [5.74, 6) is 0.555. The molecule has 6 heteroatoms. The van der Waals surface area contributed by atoms with Crippen LogP contribution in [-0.2, 0) is 10.0 Å². The van der Waals surface area contributed by atoms with E-state index >= 15 is 0 Å². The first-order valence-corrected chi connectivity index (χ1v) is 7.91. The van der Waals surface area contributed by atoms with Gasteiger partial charge in [0.05, 0.1) is 7.11 Å². The molecule has 1 aromatic carbocycles. The van der Waals surface area contributed by atoms with Crippen LogP contribution in [-0.4, -0.2) is 21.6 Å². The Morgan fingerprint density at radius 3 is 2.39 bits per heavy atom. The topological polar surface area (TPSA) is 55.4 Å². The molecular weight excluding hydrogens is 318 g/mol. The molecule has 1 aromatic rings. The zero-order valence-corrected chi connectivity index (χ0v) is 13.3. The van der Waals surface area contributed by atoms with E-state index in [0.29, 0.717) is 10.2 Å². The van der Waals surface area contributed by atoms with Crippen molar-refractivity contribution in [2.75, 3.05) is 7.11 Å². The van der Waals surface area contributed by atoms with E-state index < -0.39 is 10.0 Å². The predicted octanol–water partition coefficient (Wildman–Crippen LogP) is 2.78. The second-order valence-electron chi connectivity index (χ2n) is 4.45. The maximum atomic E-state index is 12.3. The summed E-state index contributed by atoms with van der Waals surface area (Å²) in [6.45, 7) is 5.77. The first kappa shape index (κ1) is 15.5. The van der Waals surface area contributed by atoms with Crippen LogP contribution in [0.3, 0.4) is 0 Å². The van der Waals surface area contributed by atoms with E-state index in [-0.39, 0.29) is 16.9 Å². The van der Waals surface area contributed by atoms with E-state index in [1.807, 2.05) is 20.8 Å². The van der Waals surface area contributed by atoms with Crippen LogP contribution in [0, 0.1) is 5.92 Å². The van der Waals surface area contributed by atoms with E-state index in [1.54, 1.807) is 12.1 Å². The lowest BCUT2D eigenvalue weighted by Crippen LogP contribution is -2.36. The van der Waals surface area contributed by atoms with Gasteiger partial charge in [-0.25, -0.2) is 13.1 Å². The molecule has 18 heavy (non-hydrogen) atoms. The number of hydrogen-bond acceptors (Lipinski definition) is 3.